The van der Waals surface area contributed by atoms with Gasteiger partial charge in [-0.1, -0.05) is 36.2 Å². The van der Waals surface area contributed by atoms with Gasteiger partial charge < -0.3 is 5.11 Å². The fourth-order valence-electron chi connectivity index (χ4n) is 3.72. The van der Waals surface area contributed by atoms with Gasteiger partial charge in [0.2, 0.25) is 0 Å². The Morgan fingerprint density at radius 3 is 2.33 bits per heavy atom. The second-order valence-electron chi connectivity index (χ2n) is 7.15. The lowest BCUT2D eigenvalue weighted by molar-refractivity contribution is -0.258. The monoisotopic (exact) mass is 395 g/mol. The molecule has 2 aromatic heterocycles. The molecule has 142 valence electrons. The summed E-state index contributed by atoms with van der Waals surface area (Å²) in [6.07, 6.45) is -0.579. The summed E-state index contributed by atoms with van der Waals surface area (Å²) < 4.78 is 41.6. The van der Waals surface area contributed by atoms with Crippen molar-refractivity contribution in [1.82, 2.24) is 14.6 Å². The van der Waals surface area contributed by atoms with E-state index in [0.29, 0.717) is 10.8 Å². The van der Waals surface area contributed by atoms with Crippen molar-refractivity contribution in [2.75, 3.05) is 0 Å². The minimum atomic E-state index is -4.83. The van der Waals surface area contributed by atoms with Crippen molar-refractivity contribution in [3.63, 3.8) is 0 Å². The third-order valence-electron chi connectivity index (χ3n) is 5.54. The molecule has 1 atom stereocenters. The number of pyridine rings is 1. The Hall–Kier alpha value is -2.12. The first-order valence-corrected chi connectivity index (χ1v) is 8.94. The predicted molar refractivity (Wildman–Crippen MR) is 94.7 cm³/mol. The van der Waals surface area contributed by atoms with E-state index >= 15 is 0 Å². The molecule has 4 rings (SSSR count). The van der Waals surface area contributed by atoms with Crippen LogP contribution in [0.4, 0.5) is 13.2 Å². The molecule has 0 aliphatic heterocycles. The SMILES string of the molecule is CC(O)(c1cccn2c(C3(c4ccc(Cl)cc4)CCC3)nnc12)C(F)(F)F. The van der Waals surface area contributed by atoms with Gasteiger partial charge in [-0.05, 0) is 43.5 Å². The van der Waals surface area contributed by atoms with Crippen LogP contribution in [0, 0.1) is 0 Å². The van der Waals surface area contributed by atoms with E-state index in [4.69, 9.17) is 11.6 Å². The van der Waals surface area contributed by atoms with Gasteiger partial charge >= 0.3 is 6.18 Å². The average Bonchev–Trinajstić information content (AvgIpc) is 2.99. The van der Waals surface area contributed by atoms with E-state index in [2.05, 4.69) is 10.2 Å². The number of rotatable bonds is 3. The quantitative estimate of drug-likeness (QED) is 0.703. The molecule has 0 amide bonds. The molecule has 8 heteroatoms. The zero-order valence-corrected chi connectivity index (χ0v) is 15.2. The molecule has 1 aromatic carbocycles. The van der Waals surface area contributed by atoms with Gasteiger partial charge in [0.05, 0.1) is 5.41 Å². The third kappa shape index (κ3) is 2.63. The molecule has 1 N–H and O–H groups in total. The van der Waals surface area contributed by atoms with E-state index in [1.54, 1.807) is 22.7 Å². The standard InChI is InChI=1S/C19H17ClF3N3O/c1-17(27,19(21,22)23)14-4-2-11-26-15(14)24-25-16(26)18(9-3-10-18)12-5-7-13(20)8-6-12/h2,4-8,11,27H,3,9-10H2,1H3. The number of benzene rings is 1. The Labute approximate surface area is 158 Å². The molecular formula is C19H17ClF3N3O. The summed E-state index contributed by atoms with van der Waals surface area (Å²) in [4.78, 5) is 0. The Morgan fingerprint density at radius 2 is 1.78 bits per heavy atom. The first-order chi connectivity index (χ1) is 12.7. The van der Waals surface area contributed by atoms with E-state index in [0.717, 1.165) is 31.7 Å². The van der Waals surface area contributed by atoms with Crippen LogP contribution in [0.15, 0.2) is 42.6 Å². The molecule has 1 aliphatic rings. The second kappa shape index (κ2) is 5.94. The first kappa shape index (κ1) is 18.3. The second-order valence-corrected chi connectivity index (χ2v) is 7.59. The summed E-state index contributed by atoms with van der Waals surface area (Å²) in [5.74, 6) is 0.575. The number of aromatic nitrogens is 3. The molecule has 0 bridgehead atoms. The van der Waals surface area contributed by atoms with Gasteiger partial charge in [-0.15, -0.1) is 10.2 Å². The summed E-state index contributed by atoms with van der Waals surface area (Å²) >= 11 is 5.99. The molecule has 1 saturated carbocycles. The minimum absolute atomic E-state index is 0.00932. The summed E-state index contributed by atoms with van der Waals surface area (Å²) in [7, 11) is 0. The maximum atomic E-state index is 13.3. The summed E-state index contributed by atoms with van der Waals surface area (Å²) in [5, 5.41) is 19.0. The van der Waals surface area contributed by atoms with Gasteiger partial charge in [-0.25, -0.2) is 0 Å². The van der Waals surface area contributed by atoms with E-state index in [9.17, 15) is 18.3 Å². The highest BCUT2D eigenvalue weighted by Gasteiger charge is 2.53. The number of alkyl halides is 3. The van der Waals surface area contributed by atoms with Crippen LogP contribution < -0.4 is 0 Å². The fraction of sp³-hybridized carbons (Fsp3) is 0.368. The van der Waals surface area contributed by atoms with Crippen molar-refractivity contribution in [3.05, 3.63) is 64.6 Å². The number of halogens is 4. The number of hydrogen-bond donors (Lipinski definition) is 1. The van der Waals surface area contributed by atoms with Crippen LogP contribution in [0.1, 0.15) is 43.1 Å². The lowest BCUT2D eigenvalue weighted by atomic mass is 9.64. The van der Waals surface area contributed by atoms with Gasteiger partial charge in [0.25, 0.3) is 0 Å². The molecule has 0 saturated heterocycles. The van der Waals surface area contributed by atoms with Crippen LogP contribution in [-0.4, -0.2) is 25.9 Å². The maximum absolute atomic E-state index is 13.3. The maximum Gasteiger partial charge on any atom is 0.421 e. The Morgan fingerprint density at radius 1 is 1.11 bits per heavy atom. The number of nitrogens with zero attached hydrogens (tertiary/aromatic N) is 3. The summed E-state index contributed by atoms with van der Waals surface area (Å²) in [6, 6.07) is 10.1. The molecule has 1 fully saturated rings. The third-order valence-corrected chi connectivity index (χ3v) is 5.80. The molecule has 3 aromatic rings. The smallest absolute Gasteiger partial charge is 0.376 e. The van der Waals surface area contributed by atoms with Gasteiger partial charge in [0, 0.05) is 16.8 Å². The van der Waals surface area contributed by atoms with E-state index in [-0.39, 0.29) is 11.2 Å². The van der Waals surface area contributed by atoms with Crippen LogP contribution in [0.3, 0.4) is 0 Å². The number of fused-ring (bicyclic) bond motifs is 1. The molecule has 0 radical (unpaired) electrons. The minimum Gasteiger partial charge on any atom is -0.376 e. The van der Waals surface area contributed by atoms with Crippen molar-refractivity contribution in [3.8, 4) is 0 Å². The van der Waals surface area contributed by atoms with Gasteiger partial charge in [-0.2, -0.15) is 13.2 Å². The van der Waals surface area contributed by atoms with Gasteiger partial charge in [-0.3, -0.25) is 4.40 Å². The Kier molecular flexibility index (Phi) is 4.01. The van der Waals surface area contributed by atoms with E-state index in [1.807, 2.05) is 12.1 Å². The van der Waals surface area contributed by atoms with Crippen LogP contribution in [0.5, 0.6) is 0 Å². The Balaban J connectivity index is 1.90. The first-order valence-electron chi connectivity index (χ1n) is 8.57. The van der Waals surface area contributed by atoms with Crippen LogP contribution in [0.25, 0.3) is 5.65 Å². The lowest BCUT2D eigenvalue weighted by Crippen LogP contribution is -2.40. The molecule has 1 unspecified atom stereocenters. The average molecular weight is 396 g/mol. The van der Waals surface area contributed by atoms with Crippen molar-refractivity contribution in [2.24, 2.45) is 0 Å². The molecular weight excluding hydrogens is 379 g/mol. The fourth-order valence-corrected chi connectivity index (χ4v) is 3.84. The normalized spacial score (nSPS) is 18.9. The summed E-state index contributed by atoms with van der Waals surface area (Å²) in [6.45, 7) is 0.731. The highest BCUT2D eigenvalue weighted by atomic mass is 35.5. The van der Waals surface area contributed by atoms with Crippen molar-refractivity contribution < 1.29 is 18.3 Å². The highest BCUT2D eigenvalue weighted by molar-refractivity contribution is 6.30. The van der Waals surface area contributed by atoms with Gasteiger partial charge in [0.15, 0.2) is 11.2 Å². The zero-order chi connectivity index (χ0) is 19.4. The number of aliphatic hydroxyl groups is 1. The largest absolute Gasteiger partial charge is 0.421 e. The molecule has 4 nitrogen and oxygen atoms in total. The predicted octanol–water partition coefficient (Wildman–Crippen LogP) is 4.62. The highest BCUT2D eigenvalue weighted by Crippen LogP contribution is 2.49. The molecule has 0 spiro atoms. The zero-order valence-electron chi connectivity index (χ0n) is 14.5. The number of hydrogen-bond acceptors (Lipinski definition) is 3. The van der Waals surface area contributed by atoms with Crippen molar-refractivity contribution in [2.45, 2.75) is 43.4 Å². The molecule has 2 heterocycles. The molecule has 27 heavy (non-hydrogen) atoms. The summed E-state index contributed by atoms with van der Waals surface area (Å²) in [5.41, 5.74) is -2.75. The van der Waals surface area contributed by atoms with E-state index in [1.165, 1.54) is 12.1 Å². The van der Waals surface area contributed by atoms with E-state index < -0.39 is 17.2 Å². The molecule has 1 aliphatic carbocycles. The van der Waals surface area contributed by atoms with Crippen LogP contribution in [-0.2, 0) is 11.0 Å². The van der Waals surface area contributed by atoms with Gasteiger partial charge in [0.1, 0.15) is 5.82 Å². The Bertz CT molecular complexity index is 992. The van der Waals surface area contributed by atoms with Crippen LogP contribution >= 0.6 is 11.6 Å². The lowest BCUT2D eigenvalue weighted by Gasteiger charge is -2.41. The van der Waals surface area contributed by atoms with Crippen molar-refractivity contribution >= 4 is 17.2 Å². The van der Waals surface area contributed by atoms with Crippen LogP contribution in [0.2, 0.25) is 5.02 Å². The van der Waals surface area contributed by atoms with Crippen molar-refractivity contribution in [1.29, 1.82) is 0 Å². The topological polar surface area (TPSA) is 50.4 Å².